The van der Waals surface area contributed by atoms with Crippen molar-refractivity contribution in [2.24, 2.45) is 0 Å². The van der Waals surface area contributed by atoms with Crippen LogP contribution in [0.2, 0.25) is 0 Å². The van der Waals surface area contributed by atoms with E-state index in [1.54, 1.807) is 38.3 Å². The van der Waals surface area contributed by atoms with Crippen LogP contribution in [0.4, 0.5) is 0 Å². The van der Waals surface area contributed by atoms with Crippen molar-refractivity contribution in [3.05, 3.63) is 41.2 Å². The molecule has 2 saturated heterocycles. The summed E-state index contributed by atoms with van der Waals surface area (Å²) in [6, 6.07) is 6.13. The summed E-state index contributed by atoms with van der Waals surface area (Å²) < 4.78 is 20.5. The number of esters is 3. The first kappa shape index (κ1) is 24.5. The second kappa shape index (κ2) is 9.56. The summed E-state index contributed by atoms with van der Waals surface area (Å²) in [5.74, 6) is -1.76. The maximum atomic E-state index is 13.3. The molecule has 3 heterocycles. The first-order valence-corrected chi connectivity index (χ1v) is 11.5. The molecule has 0 N–H and O–H groups in total. The third-order valence-corrected chi connectivity index (χ3v) is 7.49. The molecule has 0 saturated carbocycles. The number of hydrogen-bond acceptors (Lipinski definition) is 11. The Kier molecular flexibility index (Phi) is 6.70. The molecule has 12 nitrogen and oxygen atoms in total. The predicted molar refractivity (Wildman–Crippen MR) is 121 cm³/mol. The molecule has 3 atom stereocenters. The molecule has 2 aliphatic rings. The SMILES string of the molecule is COC(=O)c1nnn(C[C@]2(C)S[C@H]3CC(=O)N3[C@H]2C(=O)OCc2ccc(OC)cc2)c1C(=O)OC. The van der Waals surface area contributed by atoms with Crippen molar-refractivity contribution in [3.63, 3.8) is 0 Å². The van der Waals surface area contributed by atoms with E-state index in [-0.39, 0.29) is 42.2 Å². The van der Waals surface area contributed by atoms with Crippen LogP contribution in [0.1, 0.15) is 39.9 Å². The third kappa shape index (κ3) is 4.43. The van der Waals surface area contributed by atoms with Gasteiger partial charge in [0.1, 0.15) is 18.4 Å². The average Bonchev–Trinajstić information content (AvgIpc) is 3.37. The van der Waals surface area contributed by atoms with Gasteiger partial charge in [-0.2, -0.15) is 0 Å². The first-order chi connectivity index (χ1) is 16.7. The zero-order valence-electron chi connectivity index (χ0n) is 19.5. The van der Waals surface area contributed by atoms with E-state index >= 15 is 0 Å². The Morgan fingerprint density at radius 3 is 2.40 bits per heavy atom. The summed E-state index contributed by atoms with van der Waals surface area (Å²) in [5.41, 5.74) is 0.251. The smallest absolute Gasteiger partial charge is 0.361 e. The Hall–Kier alpha value is -3.61. The zero-order valence-corrected chi connectivity index (χ0v) is 20.4. The molecule has 0 bridgehead atoms. The van der Waals surface area contributed by atoms with Gasteiger partial charge in [-0.1, -0.05) is 17.3 Å². The predicted octanol–water partition coefficient (Wildman–Crippen LogP) is 1.04. The molecule has 2 aromatic rings. The first-order valence-electron chi connectivity index (χ1n) is 10.6. The minimum atomic E-state index is -0.937. The highest BCUT2D eigenvalue weighted by Gasteiger charge is 2.61. The highest BCUT2D eigenvalue weighted by atomic mass is 32.2. The molecular weight excluding hydrogens is 480 g/mol. The fourth-order valence-corrected chi connectivity index (χ4v) is 5.91. The van der Waals surface area contributed by atoms with Crippen LogP contribution >= 0.6 is 11.8 Å². The second-order valence-electron chi connectivity index (χ2n) is 8.18. The normalized spacial score (nSPS) is 22.7. The number of methoxy groups -OCH3 is 3. The van der Waals surface area contributed by atoms with Gasteiger partial charge in [-0.25, -0.2) is 19.1 Å². The van der Waals surface area contributed by atoms with Gasteiger partial charge in [0, 0.05) is 0 Å². The molecule has 13 heteroatoms. The molecule has 1 aromatic carbocycles. The molecule has 0 radical (unpaired) electrons. The van der Waals surface area contributed by atoms with E-state index in [0.717, 1.165) is 19.8 Å². The second-order valence-corrected chi connectivity index (χ2v) is 9.89. The molecule has 0 unspecified atom stereocenters. The van der Waals surface area contributed by atoms with E-state index in [1.807, 2.05) is 0 Å². The lowest BCUT2D eigenvalue weighted by Crippen LogP contribution is -2.58. The fraction of sp³-hybridized carbons (Fsp3) is 0.455. The van der Waals surface area contributed by atoms with Crippen molar-refractivity contribution >= 4 is 35.6 Å². The number of ether oxygens (including phenoxy) is 4. The lowest BCUT2D eigenvalue weighted by atomic mass is 9.96. The van der Waals surface area contributed by atoms with Crippen LogP contribution in [0.3, 0.4) is 0 Å². The molecule has 35 heavy (non-hydrogen) atoms. The molecule has 0 spiro atoms. The lowest BCUT2D eigenvalue weighted by molar-refractivity contribution is -0.162. The third-order valence-electron chi connectivity index (χ3n) is 5.93. The number of aromatic nitrogens is 3. The molecule has 186 valence electrons. The average molecular weight is 505 g/mol. The number of thioether (sulfide) groups is 1. The van der Waals surface area contributed by atoms with Gasteiger partial charge < -0.3 is 23.8 Å². The molecule has 4 rings (SSSR count). The van der Waals surface area contributed by atoms with E-state index in [9.17, 15) is 19.2 Å². The summed E-state index contributed by atoms with van der Waals surface area (Å²) in [4.78, 5) is 51.7. The standard InChI is InChI=1S/C22H24N4O8S/c1-22(11-25-17(20(29)33-4)16(23-24-25)19(28)32-3)18(26-14(27)9-15(26)35-22)21(30)34-10-12-5-7-13(31-2)8-6-12/h5-8,15,18H,9-11H2,1-4H3/t15-,18-,22-/m0/s1. The number of hydrogen-bond donors (Lipinski definition) is 0. The van der Waals surface area contributed by atoms with Crippen molar-refractivity contribution in [3.8, 4) is 5.75 Å². The summed E-state index contributed by atoms with van der Waals surface area (Å²) in [6.07, 6.45) is 0.289. The number of amides is 1. The van der Waals surface area contributed by atoms with Gasteiger partial charge in [0.25, 0.3) is 0 Å². The largest absolute Gasteiger partial charge is 0.497 e. The quantitative estimate of drug-likeness (QED) is 0.289. The van der Waals surface area contributed by atoms with Gasteiger partial charge in [-0.3, -0.25) is 4.79 Å². The molecule has 2 aliphatic heterocycles. The Balaban J connectivity index is 1.59. The number of fused-ring (bicyclic) bond motifs is 1. The van der Waals surface area contributed by atoms with Crippen molar-refractivity contribution in [2.75, 3.05) is 21.3 Å². The fourth-order valence-electron chi connectivity index (χ4n) is 4.18. The molecule has 1 amide bonds. The van der Waals surface area contributed by atoms with Gasteiger partial charge in [0.2, 0.25) is 11.6 Å². The van der Waals surface area contributed by atoms with E-state index in [2.05, 4.69) is 15.0 Å². The van der Waals surface area contributed by atoms with Crippen LogP contribution in [0.25, 0.3) is 0 Å². The van der Waals surface area contributed by atoms with Crippen LogP contribution in [0, 0.1) is 0 Å². The maximum absolute atomic E-state index is 13.3. The van der Waals surface area contributed by atoms with Crippen LogP contribution in [0.5, 0.6) is 5.75 Å². The van der Waals surface area contributed by atoms with Gasteiger partial charge in [-0.05, 0) is 24.6 Å². The van der Waals surface area contributed by atoms with E-state index < -0.39 is 28.7 Å². The Labute approximate surface area is 204 Å². The monoisotopic (exact) mass is 504 g/mol. The summed E-state index contributed by atoms with van der Waals surface area (Å²) >= 11 is 1.41. The summed E-state index contributed by atoms with van der Waals surface area (Å²) in [5, 5.41) is 7.51. The van der Waals surface area contributed by atoms with Gasteiger partial charge in [0.05, 0.1) is 44.4 Å². The Morgan fingerprint density at radius 1 is 1.11 bits per heavy atom. The highest BCUT2D eigenvalue weighted by molar-refractivity contribution is 8.01. The zero-order chi connectivity index (χ0) is 25.3. The number of nitrogens with zero attached hydrogens (tertiary/aromatic N) is 4. The van der Waals surface area contributed by atoms with E-state index in [4.69, 9.17) is 14.2 Å². The number of β-lactam (4-membered cyclic amide) rings is 1. The maximum Gasteiger partial charge on any atom is 0.361 e. The summed E-state index contributed by atoms with van der Waals surface area (Å²) in [7, 11) is 3.88. The van der Waals surface area contributed by atoms with Crippen molar-refractivity contribution in [1.82, 2.24) is 19.9 Å². The number of benzene rings is 1. The van der Waals surface area contributed by atoms with Crippen molar-refractivity contribution in [1.29, 1.82) is 0 Å². The van der Waals surface area contributed by atoms with Gasteiger partial charge >= 0.3 is 17.9 Å². The molecule has 2 fully saturated rings. The number of rotatable bonds is 8. The highest BCUT2D eigenvalue weighted by Crippen LogP contribution is 2.52. The van der Waals surface area contributed by atoms with Crippen molar-refractivity contribution in [2.45, 2.75) is 42.7 Å². The van der Waals surface area contributed by atoms with Gasteiger partial charge in [-0.15, -0.1) is 16.9 Å². The van der Waals surface area contributed by atoms with Crippen LogP contribution in [-0.2, 0) is 37.0 Å². The molecule has 1 aromatic heterocycles. The van der Waals surface area contributed by atoms with Crippen LogP contribution < -0.4 is 4.74 Å². The van der Waals surface area contributed by atoms with E-state index in [1.165, 1.54) is 21.3 Å². The molecule has 0 aliphatic carbocycles. The van der Waals surface area contributed by atoms with E-state index in [0.29, 0.717) is 5.75 Å². The number of carbonyl (C=O) groups excluding carboxylic acids is 4. The van der Waals surface area contributed by atoms with Crippen LogP contribution in [0.15, 0.2) is 24.3 Å². The Bertz CT molecular complexity index is 1170. The summed E-state index contributed by atoms with van der Waals surface area (Å²) in [6.45, 7) is 1.77. The van der Waals surface area contributed by atoms with Crippen molar-refractivity contribution < 1.29 is 38.1 Å². The van der Waals surface area contributed by atoms with Crippen LogP contribution in [-0.4, -0.2) is 81.2 Å². The minimum Gasteiger partial charge on any atom is -0.497 e. The lowest BCUT2D eigenvalue weighted by Gasteiger charge is -2.37. The van der Waals surface area contributed by atoms with Gasteiger partial charge in [0.15, 0.2) is 5.69 Å². The Morgan fingerprint density at radius 2 is 1.80 bits per heavy atom. The minimum absolute atomic E-state index is 0.00992. The molecular formula is C22H24N4O8S. The number of carbonyl (C=O) groups is 4. The topological polar surface area (TPSA) is 139 Å².